The van der Waals surface area contributed by atoms with Crippen molar-refractivity contribution in [2.24, 2.45) is 11.8 Å². The molecule has 1 unspecified atom stereocenters. The van der Waals surface area contributed by atoms with Gasteiger partial charge < -0.3 is 10.1 Å². The molecular formula is C10H19NO2. The summed E-state index contributed by atoms with van der Waals surface area (Å²) in [7, 11) is 1.67. The Morgan fingerprint density at radius 1 is 1.54 bits per heavy atom. The highest BCUT2D eigenvalue weighted by Gasteiger charge is 2.31. The summed E-state index contributed by atoms with van der Waals surface area (Å²) in [5.41, 5.74) is 0. The average molecular weight is 185 g/mol. The zero-order valence-corrected chi connectivity index (χ0v) is 8.67. The van der Waals surface area contributed by atoms with Crippen LogP contribution in [-0.2, 0) is 9.53 Å². The molecule has 0 aromatic carbocycles. The zero-order chi connectivity index (χ0) is 9.84. The molecule has 0 aliphatic heterocycles. The van der Waals surface area contributed by atoms with Crippen LogP contribution in [0, 0.1) is 11.8 Å². The Morgan fingerprint density at radius 2 is 2.15 bits per heavy atom. The highest BCUT2D eigenvalue weighted by atomic mass is 16.5. The molecule has 1 aliphatic rings. The van der Waals surface area contributed by atoms with Crippen molar-refractivity contribution in [3.05, 3.63) is 0 Å². The first kappa shape index (κ1) is 10.5. The van der Waals surface area contributed by atoms with Crippen LogP contribution in [0.1, 0.15) is 26.7 Å². The molecule has 0 saturated heterocycles. The summed E-state index contributed by atoms with van der Waals surface area (Å²) in [6, 6.07) is 0.165. The number of hydrogen-bond donors (Lipinski definition) is 1. The molecule has 1 N–H and O–H groups in total. The van der Waals surface area contributed by atoms with Gasteiger partial charge >= 0.3 is 0 Å². The van der Waals surface area contributed by atoms with Gasteiger partial charge in [-0.05, 0) is 18.8 Å². The normalized spacial score (nSPS) is 18.8. The molecule has 13 heavy (non-hydrogen) atoms. The van der Waals surface area contributed by atoms with Crippen molar-refractivity contribution in [1.82, 2.24) is 5.32 Å². The van der Waals surface area contributed by atoms with Gasteiger partial charge in [0.05, 0.1) is 12.6 Å². The number of nitrogens with one attached hydrogen (secondary N) is 1. The van der Waals surface area contributed by atoms with Crippen LogP contribution in [0.5, 0.6) is 0 Å². The molecule has 1 fully saturated rings. The second-order valence-corrected chi connectivity index (χ2v) is 4.09. The maximum absolute atomic E-state index is 11.4. The Labute approximate surface area is 79.8 Å². The minimum absolute atomic E-state index is 0.165. The lowest BCUT2D eigenvalue weighted by atomic mass is 10.1. The molecule has 0 radical (unpaired) electrons. The van der Waals surface area contributed by atoms with Crippen molar-refractivity contribution in [2.75, 3.05) is 13.7 Å². The van der Waals surface area contributed by atoms with Crippen molar-refractivity contribution in [3.63, 3.8) is 0 Å². The lowest BCUT2D eigenvalue weighted by molar-refractivity contribution is -0.123. The second kappa shape index (κ2) is 4.61. The smallest absolute Gasteiger partial charge is 0.223 e. The van der Waals surface area contributed by atoms with Gasteiger partial charge in [0.2, 0.25) is 5.91 Å². The number of ether oxygens (including phenoxy) is 1. The molecule has 1 aliphatic carbocycles. The Bertz CT molecular complexity index is 176. The zero-order valence-electron chi connectivity index (χ0n) is 8.67. The molecule has 0 bridgehead atoms. The van der Waals surface area contributed by atoms with Crippen molar-refractivity contribution in [2.45, 2.75) is 32.7 Å². The van der Waals surface area contributed by atoms with Crippen LogP contribution in [0.25, 0.3) is 0 Å². The fraction of sp³-hybridized carbons (Fsp3) is 0.900. The van der Waals surface area contributed by atoms with Crippen LogP contribution in [0.3, 0.4) is 0 Å². The summed E-state index contributed by atoms with van der Waals surface area (Å²) in [4.78, 5) is 11.4. The van der Waals surface area contributed by atoms with E-state index in [0.29, 0.717) is 12.5 Å². The summed E-state index contributed by atoms with van der Waals surface area (Å²) >= 11 is 0. The lowest BCUT2D eigenvalue weighted by Gasteiger charge is -2.21. The second-order valence-electron chi connectivity index (χ2n) is 4.09. The van der Waals surface area contributed by atoms with Crippen molar-refractivity contribution in [3.8, 4) is 0 Å². The van der Waals surface area contributed by atoms with Gasteiger partial charge in [-0.25, -0.2) is 0 Å². The molecular weight excluding hydrogens is 166 g/mol. The van der Waals surface area contributed by atoms with Gasteiger partial charge in [-0.2, -0.15) is 0 Å². The van der Waals surface area contributed by atoms with Gasteiger partial charge in [0.15, 0.2) is 0 Å². The van der Waals surface area contributed by atoms with E-state index in [1.54, 1.807) is 7.11 Å². The largest absolute Gasteiger partial charge is 0.383 e. The molecule has 3 heteroatoms. The average Bonchev–Trinajstić information content (AvgIpc) is 2.85. The first-order valence-corrected chi connectivity index (χ1v) is 4.94. The highest BCUT2D eigenvalue weighted by Crippen LogP contribution is 2.29. The Balaban J connectivity index is 2.31. The third-order valence-electron chi connectivity index (χ3n) is 2.43. The minimum Gasteiger partial charge on any atom is -0.383 e. The molecule has 0 aromatic heterocycles. The number of carbonyl (C=O) groups is 1. The van der Waals surface area contributed by atoms with E-state index in [0.717, 1.165) is 12.8 Å². The lowest BCUT2D eigenvalue weighted by Crippen LogP contribution is -2.42. The van der Waals surface area contributed by atoms with Crippen LogP contribution in [0.15, 0.2) is 0 Å². The van der Waals surface area contributed by atoms with E-state index in [1.807, 2.05) is 0 Å². The molecule has 1 saturated carbocycles. The van der Waals surface area contributed by atoms with Crippen LogP contribution in [0.2, 0.25) is 0 Å². The fourth-order valence-corrected chi connectivity index (χ4v) is 1.23. The molecule has 0 aromatic rings. The van der Waals surface area contributed by atoms with E-state index in [2.05, 4.69) is 19.2 Å². The van der Waals surface area contributed by atoms with Gasteiger partial charge in [0, 0.05) is 13.0 Å². The topological polar surface area (TPSA) is 38.3 Å². The Kier molecular flexibility index (Phi) is 3.72. The summed E-state index contributed by atoms with van der Waals surface area (Å²) in [5, 5.41) is 3.02. The predicted molar refractivity (Wildman–Crippen MR) is 51.4 cm³/mol. The van der Waals surface area contributed by atoms with E-state index in [4.69, 9.17) is 4.74 Å². The van der Waals surface area contributed by atoms with E-state index in [1.165, 1.54) is 0 Å². The third kappa shape index (κ3) is 3.35. The van der Waals surface area contributed by atoms with Crippen LogP contribution in [0.4, 0.5) is 0 Å². The van der Waals surface area contributed by atoms with Crippen LogP contribution < -0.4 is 5.32 Å². The maximum atomic E-state index is 11.4. The van der Waals surface area contributed by atoms with E-state index < -0.39 is 0 Å². The molecule has 0 spiro atoms. The molecule has 3 nitrogen and oxygen atoms in total. The van der Waals surface area contributed by atoms with Crippen molar-refractivity contribution >= 4 is 5.91 Å². The number of methoxy groups -OCH3 is 1. The van der Waals surface area contributed by atoms with Gasteiger partial charge in [-0.1, -0.05) is 13.8 Å². The molecule has 1 rings (SSSR count). The van der Waals surface area contributed by atoms with Gasteiger partial charge in [-0.3, -0.25) is 4.79 Å². The summed E-state index contributed by atoms with van der Waals surface area (Å²) < 4.78 is 5.05. The number of amides is 1. The van der Waals surface area contributed by atoms with E-state index >= 15 is 0 Å². The quantitative estimate of drug-likeness (QED) is 0.698. The first-order valence-electron chi connectivity index (χ1n) is 4.94. The summed E-state index contributed by atoms with van der Waals surface area (Å²) in [6.45, 7) is 4.80. The molecule has 76 valence electrons. The van der Waals surface area contributed by atoms with E-state index in [9.17, 15) is 4.79 Å². The molecule has 1 atom stereocenters. The first-order chi connectivity index (χ1) is 6.15. The van der Waals surface area contributed by atoms with Crippen LogP contribution in [-0.4, -0.2) is 25.7 Å². The highest BCUT2D eigenvalue weighted by molar-refractivity contribution is 5.81. The minimum atomic E-state index is 0.165. The van der Waals surface area contributed by atoms with Gasteiger partial charge in [0.25, 0.3) is 0 Å². The van der Waals surface area contributed by atoms with E-state index in [-0.39, 0.29) is 17.9 Å². The Hall–Kier alpha value is -0.570. The standard InChI is InChI=1S/C10H19NO2/c1-7(2)9(6-13-3)11-10(12)8-4-5-8/h7-9H,4-6H2,1-3H3,(H,11,12). The summed E-state index contributed by atoms with van der Waals surface area (Å²) in [5.74, 6) is 0.927. The van der Waals surface area contributed by atoms with Crippen molar-refractivity contribution in [1.29, 1.82) is 0 Å². The third-order valence-corrected chi connectivity index (χ3v) is 2.43. The number of carbonyl (C=O) groups excluding carboxylic acids is 1. The SMILES string of the molecule is COCC(NC(=O)C1CC1)C(C)C. The van der Waals surface area contributed by atoms with Gasteiger partial charge in [0.1, 0.15) is 0 Å². The summed E-state index contributed by atoms with van der Waals surface area (Å²) in [6.07, 6.45) is 2.12. The maximum Gasteiger partial charge on any atom is 0.223 e. The monoisotopic (exact) mass is 185 g/mol. The molecule has 0 heterocycles. The van der Waals surface area contributed by atoms with Crippen molar-refractivity contribution < 1.29 is 9.53 Å². The Morgan fingerprint density at radius 3 is 2.54 bits per heavy atom. The van der Waals surface area contributed by atoms with Gasteiger partial charge in [-0.15, -0.1) is 0 Å². The molecule has 1 amide bonds. The van der Waals surface area contributed by atoms with Crippen LogP contribution >= 0.6 is 0 Å². The predicted octanol–water partition coefficient (Wildman–Crippen LogP) is 1.18. The number of rotatable bonds is 5. The fourth-order valence-electron chi connectivity index (χ4n) is 1.23. The number of hydrogen-bond acceptors (Lipinski definition) is 2.